The zero-order valence-corrected chi connectivity index (χ0v) is 14.3. The van der Waals surface area contributed by atoms with Crippen LogP contribution >= 0.6 is 0 Å². The predicted octanol–water partition coefficient (Wildman–Crippen LogP) is 0.512. The van der Waals surface area contributed by atoms with Crippen LogP contribution in [0.3, 0.4) is 0 Å². The summed E-state index contributed by atoms with van der Waals surface area (Å²) >= 11 is 0. The summed E-state index contributed by atoms with van der Waals surface area (Å²) < 4.78 is 0. The number of hydrogen-bond donors (Lipinski definition) is 5. The molecule has 2 saturated carbocycles. The zero-order chi connectivity index (χ0) is 18.8. The lowest BCUT2D eigenvalue weighted by Crippen LogP contribution is -2.39. The third kappa shape index (κ3) is 3.84. The van der Waals surface area contributed by atoms with Crippen molar-refractivity contribution in [2.45, 2.75) is 49.9 Å². The monoisotopic (exact) mass is 351 g/mol. The molecule has 2 aliphatic carbocycles. The normalized spacial score (nSPS) is 29.0. The molecule has 0 saturated heterocycles. The van der Waals surface area contributed by atoms with Gasteiger partial charge in [-0.25, -0.2) is 9.59 Å². The quantitative estimate of drug-likeness (QED) is 0.523. The van der Waals surface area contributed by atoms with Gasteiger partial charge in [-0.2, -0.15) is 0 Å². The Hall–Kier alpha value is -1.96. The van der Waals surface area contributed by atoms with E-state index in [0.29, 0.717) is 11.5 Å². The predicted molar refractivity (Wildman–Crippen MR) is 90.3 cm³/mol. The maximum atomic E-state index is 9.77. The summed E-state index contributed by atoms with van der Waals surface area (Å²) in [4.78, 5) is 19.5. The fraction of sp³-hybridized carbons (Fsp3) is 0.556. The van der Waals surface area contributed by atoms with Crippen LogP contribution in [0.5, 0.6) is 0 Å². The second-order valence-electron chi connectivity index (χ2n) is 6.79. The molecule has 5 N–H and O–H groups in total. The molecular formula is C18H25NO6. The Kier molecular flexibility index (Phi) is 5.82. The molecule has 7 nitrogen and oxygen atoms in total. The van der Waals surface area contributed by atoms with Crippen molar-refractivity contribution in [2.24, 2.45) is 5.92 Å². The van der Waals surface area contributed by atoms with E-state index in [1.54, 1.807) is 5.56 Å². The summed E-state index contributed by atoms with van der Waals surface area (Å²) in [5, 5.41) is 36.0. The van der Waals surface area contributed by atoms with E-state index in [0.717, 1.165) is 5.92 Å². The van der Waals surface area contributed by atoms with Crippen LogP contribution in [0.4, 0.5) is 0 Å². The first-order valence-electron chi connectivity index (χ1n) is 8.30. The number of aryl methyl sites for hydroxylation is 1. The van der Waals surface area contributed by atoms with E-state index in [-0.39, 0.29) is 0 Å². The van der Waals surface area contributed by atoms with Crippen LogP contribution in [0.15, 0.2) is 24.3 Å². The van der Waals surface area contributed by atoms with Crippen molar-refractivity contribution < 1.29 is 30.0 Å². The minimum atomic E-state index is -2.27. The molecule has 7 heteroatoms. The van der Waals surface area contributed by atoms with Crippen LogP contribution in [0, 0.1) is 12.8 Å². The van der Waals surface area contributed by atoms with Gasteiger partial charge in [-0.1, -0.05) is 29.8 Å². The Bertz CT molecular complexity index is 613. The van der Waals surface area contributed by atoms with Gasteiger partial charge >= 0.3 is 11.9 Å². The van der Waals surface area contributed by atoms with Gasteiger partial charge in [0, 0.05) is 11.5 Å². The van der Waals surface area contributed by atoms with Crippen LogP contribution in [-0.4, -0.2) is 57.7 Å². The molecule has 0 spiro atoms. The second kappa shape index (κ2) is 7.51. The van der Waals surface area contributed by atoms with Crippen LogP contribution in [0.25, 0.3) is 0 Å². The molecule has 1 aromatic rings. The number of likely N-dealkylation sites (N-methyl/N-ethyl adjacent to an activating group) is 1. The van der Waals surface area contributed by atoms with Gasteiger partial charge in [0.1, 0.15) is 0 Å². The molecule has 0 amide bonds. The van der Waals surface area contributed by atoms with E-state index in [1.807, 2.05) is 0 Å². The minimum absolute atomic E-state index is 0.502. The molecule has 2 fully saturated rings. The number of carbonyl (C=O) groups is 2. The summed E-state index contributed by atoms with van der Waals surface area (Å²) in [6.45, 7) is 2.16. The molecule has 2 aliphatic rings. The molecule has 1 aromatic carbocycles. The number of carboxylic acid groups (broad SMARTS) is 2. The van der Waals surface area contributed by atoms with E-state index >= 15 is 0 Å². The van der Waals surface area contributed by atoms with Gasteiger partial charge in [0.05, 0.1) is 0 Å². The topological polar surface area (TPSA) is 127 Å². The Balaban J connectivity index is 0.000000199. The molecule has 0 heterocycles. The SMILES string of the molecule is CNC1CCC2CC21c1ccc(C)cc1.O=C(O)C(O)C(O)C(=O)O. The number of fused-ring (bicyclic) bond motifs is 1. The van der Waals surface area contributed by atoms with Gasteiger partial charge in [-0.3, -0.25) is 0 Å². The number of carboxylic acids is 2. The third-order valence-electron chi connectivity index (χ3n) is 5.32. The van der Waals surface area contributed by atoms with Gasteiger partial charge in [-0.05, 0) is 44.7 Å². The molecule has 3 rings (SSSR count). The molecule has 0 aliphatic heterocycles. The number of benzene rings is 1. The smallest absolute Gasteiger partial charge is 0.335 e. The average molecular weight is 351 g/mol. The number of hydrogen-bond acceptors (Lipinski definition) is 5. The summed E-state index contributed by atoms with van der Waals surface area (Å²) in [5.41, 5.74) is 3.43. The van der Waals surface area contributed by atoms with Crippen molar-refractivity contribution in [3.8, 4) is 0 Å². The second-order valence-corrected chi connectivity index (χ2v) is 6.79. The van der Waals surface area contributed by atoms with Crippen molar-refractivity contribution >= 4 is 11.9 Å². The third-order valence-corrected chi connectivity index (χ3v) is 5.32. The first-order valence-corrected chi connectivity index (χ1v) is 8.30. The first kappa shape index (κ1) is 19.4. The lowest BCUT2D eigenvalue weighted by Gasteiger charge is -2.23. The lowest BCUT2D eigenvalue weighted by atomic mass is 9.88. The molecule has 138 valence electrons. The highest BCUT2D eigenvalue weighted by atomic mass is 16.4. The summed E-state index contributed by atoms with van der Waals surface area (Å²) in [7, 11) is 2.11. The zero-order valence-electron chi connectivity index (χ0n) is 14.3. The fourth-order valence-corrected chi connectivity index (χ4v) is 3.85. The lowest BCUT2D eigenvalue weighted by molar-refractivity contribution is -0.165. The van der Waals surface area contributed by atoms with E-state index in [2.05, 4.69) is 43.6 Å². The molecule has 5 atom stereocenters. The van der Waals surface area contributed by atoms with E-state index < -0.39 is 24.1 Å². The molecule has 0 radical (unpaired) electrons. The number of aliphatic hydroxyl groups is 2. The Morgan fingerprint density at radius 3 is 2.00 bits per heavy atom. The average Bonchev–Trinajstić information content (AvgIpc) is 3.20. The highest BCUT2D eigenvalue weighted by Gasteiger charge is 2.62. The maximum Gasteiger partial charge on any atom is 0.335 e. The number of rotatable bonds is 5. The van der Waals surface area contributed by atoms with Crippen LogP contribution < -0.4 is 5.32 Å². The number of nitrogens with one attached hydrogen (secondary N) is 1. The minimum Gasteiger partial charge on any atom is -0.479 e. The van der Waals surface area contributed by atoms with Crippen molar-refractivity contribution in [3.63, 3.8) is 0 Å². The summed E-state index contributed by atoms with van der Waals surface area (Å²) in [6.07, 6.45) is -0.356. The Morgan fingerprint density at radius 1 is 1.08 bits per heavy atom. The molecular weight excluding hydrogens is 326 g/mol. The van der Waals surface area contributed by atoms with E-state index in [9.17, 15) is 9.59 Å². The van der Waals surface area contributed by atoms with Crippen molar-refractivity contribution in [1.82, 2.24) is 5.32 Å². The fourth-order valence-electron chi connectivity index (χ4n) is 3.85. The van der Waals surface area contributed by atoms with Crippen LogP contribution in [-0.2, 0) is 15.0 Å². The van der Waals surface area contributed by atoms with E-state index in [4.69, 9.17) is 20.4 Å². The van der Waals surface area contributed by atoms with Gasteiger partial charge in [0.2, 0.25) is 0 Å². The number of aliphatic hydroxyl groups excluding tert-OH is 2. The van der Waals surface area contributed by atoms with Gasteiger partial charge in [-0.15, -0.1) is 0 Å². The Labute approximate surface area is 146 Å². The van der Waals surface area contributed by atoms with Crippen molar-refractivity contribution in [2.75, 3.05) is 7.05 Å². The van der Waals surface area contributed by atoms with Crippen LogP contribution in [0.2, 0.25) is 0 Å². The van der Waals surface area contributed by atoms with E-state index in [1.165, 1.54) is 24.8 Å². The first-order chi connectivity index (χ1) is 11.7. The van der Waals surface area contributed by atoms with Crippen molar-refractivity contribution in [1.29, 1.82) is 0 Å². The number of aliphatic carboxylic acids is 2. The summed E-state index contributed by atoms with van der Waals surface area (Å²) in [5.74, 6) is -2.58. The Morgan fingerprint density at radius 2 is 1.60 bits per heavy atom. The molecule has 5 unspecified atom stereocenters. The largest absolute Gasteiger partial charge is 0.479 e. The van der Waals surface area contributed by atoms with Gasteiger partial charge in [0.15, 0.2) is 12.2 Å². The van der Waals surface area contributed by atoms with Crippen molar-refractivity contribution in [3.05, 3.63) is 35.4 Å². The highest BCUT2D eigenvalue weighted by molar-refractivity contribution is 5.83. The van der Waals surface area contributed by atoms with Crippen LogP contribution in [0.1, 0.15) is 30.4 Å². The standard InChI is InChI=1S/C14H19N.C4H6O6/c1-10-3-5-11(6-4-10)14-9-12(14)7-8-13(14)15-2;5-1(3(7)8)2(6)4(9)10/h3-6,12-13,15H,7-9H2,1-2H3;1-2,5-6H,(H,7,8)(H,9,10). The maximum absolute atomic E-state index is 9.77. The molecule has 0 aromatic heterocycles. The van der Waals surface area contributed by atoms with Gasteiger partial charge in [0.25, 0.3) is 0 Å². The summed E-state index contributed by atoms with van der Waals surface area (Å²) in [6, 6.07) is 9.90. The molecule has 0 bridgehead atoms. The van der Waals surface area contributed by atoms with Gasteiger partial charge < -0.3 is 25.7 Å². The molecule has 25 heavy (non-hydrogen) atoms. The highest BCUT2D eigenvalue weighted by Crippen LogP contribution is 2.64.